The van der Waals surface area contributed by atoms with Gasteiger partial charge in [0.2, 0.25) is 11.8 Å². The zero-order chi connectivity index (χ0) is 47.7. The Kier molecular flexibility index (Phi) is 18.2. The van der Waals surface area contributed by atoms with E-state index in [1.807, 2.05) is 0 Å². The Morgan fingerprint density at radius 1 is 0.453 bits per heavy atom. The van der Waals surface area contributed by atoms with Crippen LogP contribution in [-0.2, 0) is 52.2 Å². The molecule has 0 aromatic rings. The van der Waals surface area contributed by atoms with Gasteiger partial charge in [0.1, 0.15) is 110 Å². The van der Waals surface area contributed by atoms with Gasteiger partial charge in [-0.25, -0.2) is 0 Å². The SMILES string of the molecule is CC(=O)NC1C(OC2C(O)C(CO)OC(OC3C(CO)OC(C(C)(C)C)C(NC(C)=O)C3OC3OC(C)C(O)C(O)C3O)C2O)OC(CO)C(OC2OC(CO)C(O)C(O)C2O)C1O. The van der Waals surface area contributed by atoms with Crippen LogP contribution in [0.4, 0.5) is 0 Å². The van der Waals surface area contributed by atoms with Crippen LogP contribution in [0.2, 0.25) is 0 Å². The summed E-state index contributed by atoms with van der Waals surface area (Å²) >= 11 is 0. The van der Waals surface area contributed by atoms with E-state index in [0.717, 1.165) is 6.92 Å². The number of aliphatic hydroxyl groups is 13. The first-order valence-electron chi connectivity index (χ1n) is 21.0. The first-order chi connectivity index (χ1) is 30.0. The maximum Gasteiger partial charge on any atom is 0.217 e. The fraction of sp³-hybridized carbons (Fsp3) is 0.947. The maximum absolute atomic E-state index is 12.7. The Labute approximate surface area is 367 Å². The maximum atomic E-state index is 12.7. The highest BCUT2D eigenvalue weighted by molar-refractivity contribution is 5.73. The molecule has 0 aromatic carbocycles. The van der Waals surface area contributed by atoms with Crippen molar-refractivity contribution >= 4 is 11.8 Å². The predicted molar refractivity (Wildman–Crippen MR) is 206 cm³/mol. The summed E-state index contributed by atoms with van der Waals surface area (Å²) in [5.74, 6) is -1.36. The second-order valence-electron chi connectivity index (χ2n) is 17.8. The van der Waals surface area contributed by atoms with Gasteiger partial charge in [0.15, 0.2) is 25.2 Å². The summed E-state index contributed by atoms with van der Waals surface area (Å²) in [4.78, 5) is 25.2. The molecule has 5 aliphatic rings. The van der Waals surface area contributed by atoms with E-state index in [1.54, 1.807) is 20.8 Å². The van der Waals surface area contributed by atoms with Gasteiger partial charge in [-0.15, -0.1) is 0 Å². The van der Waals surface area contributed by atoms with Gasteiger partial charge in [0.25, 0.3) is 0 Å². The number of rotatable bonds is 14. The second-order valence-corrected chi connectivity index (χ2v) is 17.8. The van der Waals surface area contributed by atoms with E-state index >= 15 is 0 Å². The molecule has 5 saturated heterocycles. The molecule has 64 heavy (non-hydrogen) atoms. The standard InChI is InChI=1S/C38H66N2O24/c1-11-20(47)24(51)26(53)35(56-11)63-31-19(40-13(3)46)33(38(4,5)6)57-17(10-44)30(31)62-37-28(55)32(22(49)15(8-42)59-37)64-34-18(39-12(2)45)23(50)29(16(9-43)60-34)61-36-27(54)25(52)21(48)14(7-41)58-36/h11,14-37,41-44,47-55H,7-10H2,1-6H3,(H,39,45)(H,40,46). The van der Waals surface area contributed by atoms with E-state index in [-0.39, 0.29) is 0 Å². The molecule has 5 heterocycles. The zero-order valence-corrected chi connectivity index (χ0v) is 36.1. The molecule has 372 valence electrons. The smallest absolute Gasteiger partial charge is 0.217 e. The molecular weight excluding hydrogens is 868 g/mol. The van der Waals surface area contributed by atoms with Crippen molar-refractivity contribution < 1.29 is 119 Å². The van der Waals surface area contributed by atoms with Crippen LogP contribution in [0.15, 0.2) is 0 Å². The third kappa shape index (κ3) is 11.3. The monoisotopic (exact) mass is 934 g/mol. The molecule has 0 aromatic heterocycles. The van der Waals surface area contributed by atoms with Crippen molar-refractivity contribution in [3.63, 3.8) is 0 Å². The van der Waals surface area contributed by atoms with E-state index in [4.69, 9.17) is 42.6 Å². The van der Waals surface area contributed by atoms with E-state index in [2.05, 4.69) is 10.6 Å². The molecule has 15 N–H and O–H groups in total. The number of carbonyl (C=O) groups is 2. The van der Waals surface area contributed by atoms with Crippen LogP contribution in [0.3, 0.4) is 0 Å². The fourth-order valence-electron chi connectivity index (χ4n) is 8.54. The zero-order valence-electron chi connectivity index (χ0n) is 36.1. The van der Waals surface area contributed by atoms with Gasteiger partial charge < -0.3 is 120 Å². The molecule has 0 bridgehead atoms. The lowest BCUT2D eigenvalue weighted by Crippen LogP contribution is -2.71. The quantitative estimate of drug-likeness (QED) is 0.0769. The van der Waals surface area contributed by atoms with Crippen LogP contribution in [0.1, 0.15) is 41.5 Å². The van der Waals surface area contributed by atoms with Crippen molar-refractivity contribution in [3.05, 3.63) is 0 Å². The van der Waals surface area contributed by atoms with Gasteiger partial charge in [-0.05, 0) is 12.3 Å². The van der Waals surface area contributed by atoms with Crippen LogP contribution in [0.25, 0.3) is 0 Å². The van der Waals surface area contributed by atoms with E-state index in [0.29, 0.717) is 0 Å². The largest absolute Gasteiger partial charge is 0.394 e. The molecule has 25 atom stereocenters. The van der Waals surface area contributed by atoms with Gasteiger partial charge >= 0.3 is 0 Å². The van der Waals surface area contributed by atoms with Gasteiger partial charge in [-0.1, -0.05) is 20.8 Å². The van der Waals surface area contributed by atoms with Gasteiger partial charge in [0.05, 0.1) is 44.7 Å². The highest BCUT2D eigenvalue weighted by atomic mass is 16.8. The summed E-state index contributed by atoms with van der Waals surface area (Å²) in [5, 5.41) is 144. The number of nitrogens with one attached hydrogen (secondary N) is 2. The molecule has 0 spiro atoms. The minimum absolute atomic E-state index is 0.581. The second kappa shape index (κ2) is 22.0. The van der Waals surface area contributed by atoms with Crippen molar-refractivity contribution in [2.45, 2.75) is 195 Å². The van der Waals surface area contributed by atoms with Crippen molar-refractivity contribution in [1.29, 1.82) is 0 Å². The Hall–Kier alpha value is -1.94. The highest BCUT2D eigenvalue weighted by Crippen LogP contribution is 2.39. The van der Waals surface area contributed by atoms with Crippen LogP contribution in [0.5, 0.6) is 0 Å². The van der Waals surface area contributed by atoms with Gasteiger partial charge in [-0.2, -0.15) is 0 Å². The average Bonchev–Trinajstić information content (AvgIpc) is 3.23. The molecule has 25 unspecified atom stereocenters. The molecule has 0 aliphatic carbocycles. The summed E-state index contributed by atoms with van der Waals surface area (Å²) in [6, 6.07) is -2.85. The van der Waals surface area contributed by atoms with E-state index in [1.165, 1.54) is 13.8 Å². The Bertz CT molecular complexity index is 1510. The van der Waals surface area contributed by atoms with Crippen LogP contribution in [-0.4, -0.2) is 258 Å². The minimum atomic E-state index is -2.10. The van der Waals surface area contributed by atoms with Crippen molar-refractivity contribution in [2.24, 2.45) is 5.41 Å². The summed E-state index contributed by atoms with van der Waals surface area (Å²) in [6.07, 6.45) is -38.7. The predicted octanol–water partition coefficient (Wildman–Crippen LogP) is -8.51. The highest BCUT2D eigenvalue weighted by Gasteiger charge is 2.58. The van der Waals surface area contributed by atoms with E-state index in [9.17, 15) is 76.0 Å². The fourth-order valence-corrected chi connectivity index (χ4v) is 8.54. The first kappa shape index (κ1) is 53.0. The number of carbonyl (C=O) groups excluding carboxylic acids is 2. The molecule has 5 aliphatic heterocycles. The Morgan fingerprint density at radius 3 is 1.41 bits per heavy atom. The number of ether oxygens (including phenoxy) is 9. The molecule has 26 nitrogen and oxygen atoms in total. The van der Waals surface area contributed by atoms with Crippen LogP contribution in [0, 0.1) is 5.41 Å². The summed E-state index contributed by atoms with van der Waals surface area (Å²) in [7, 11) is 0. The topological polar surface area (TPSA) is 404 Å². The van der Waals surface area contributed by atoms with Gasteiger partial charge in [0, 0.05) is 13.8 Å². The Balaban J connectivity index is 1.46. The molecular formula is C38H66N2O24. The minimum Gasteiger partial charge on any atom is -0.394 e. The third-order valence-electron chi connectivity index (χ3n) is 12.0. The first-order valence-corrected chi connectivity index (χ1v) is 21.0. The molecule has 5 rings (SSSR count). The lowest BCUT2D eigenvalue weighted by molar-refractivity contribution is -0.382. The number of hydrogen-bond acceptors (Lipinski definition) is 24. The number of amides is 2. The lowest BCUT2D eigenvalue weighted by Gasteiger charge is -2.53. The van der Waals surface area contributed by atoms with Crippen LogP contribution >= 0.6 is 0 Å². The number of hydrogen-bond donors (Lipinski definition) is 15. The van der Waals surface area contributed by atoms with Crippen molar-refractivity contribution in [1.82, 2.24) is 10.6 Å². The normalized spacial score (nSPS) is 48.1. The average molecular weight is 935 g/mol. The Morgan fingerprint density at radius 2 is 0.875 bits per heavy atom. The van der Waals surface area contributed by atoms with Crippen molar-refractivity contribution in [2.75, 3.05) is 26.4 Å². The summed E-state index contributed by atoms with van der Waals surface area (Å²) < 4.78 is 53.4. The summed E-state index contributed by atoms with van der Waals surface area (Å²) in [5.41, 5.74) is -0.797. The summed E-state index contributed by atoms with van der Waals surface area (Å²) in [6.45, 7) is 5.47. The van der Waals surface area contributed by atoms with Crippen LogP contribution < -0.4 is 10.6 Å². The van der Waals surface area contributed by atoms with Crippen molar-refractivity contribution in [3.8, 4) is 0 Å². The van der Waals surface area contributed by atoms with E-state index < -0.39 is 197 Å². The lowest BCUT2D eigenvalue weighted by atomic mass is 9.78. The van der Waals surface area contributed by atoms with Gasteiger partial charge in [-0.3, -0.25) is 9.59 Å². The molecule has 0 saturated carbocycles. The number of aliphatic hydroxyl groups excluding tert-OH is 13. The molecule has 26 heteroatoms. The molecule has 2 amide bonds. The molecule has 0 radical (unpaired) electrons. The third-order valence-corrected chi connectivity index (χ3v) is 12.0. The molecule has 5 fully saturated rings.